The maximum absolute atomic E-state index is 13.1. The zero-order valence-electron chi connectivity index (χ0n) is 10.4. The molecule has 0 fully saturated rings. The number of hydrogen-bond acceptors (Lipinski definition) is 2. The number of aryl methyl sites for hydroxylation is 1. The minimum Gasteiger partial charge on any atom is -0.508 e. The lowest BCUT2D eigenvalue weighted by atomic mass is 10.1. The van der Waals surface area contributed by atoms with Crippen LogP contribution in [0.2, 0.25) is 0 Å². The Morgan fingerprint density at radius 3 is 2.61 bits per heavy atom. The maximum Gasteiger partial charge on any atom is 0.123 e. The van der Waals surface area contributed by atoms with Gasteiger partial charge in [-0.3, -0.25) is 0 Å². The number of aromatic hydroxyl groups is 1. The summed E-state index contributed by atoms with van der Waals surface area (Å²) in [6.07, 6.45) is 0. The van der Waals surface area contributed by atoms with E-state index in [2.05, 4.69) is 5.32 Å². The van der Waals surface area contributed by atoms with Crippen molar-refractivity contribution in [3.05, 3.63) is 59.4 Å². The Morgan fingerprint density at radius 1 is 1.17 bits per heavy atom. The molecule has 0 saturated carbocycles. The van der Waals surface area contributed by atoms with Gasteiger partial charge in [0.25, 0.3) is 0 Å². The van der Waals surface area contributed by atoms with E-state index in [0.29, 0.717) is 0 Å². The smallest absolute Gasteiger partial charge is 0.123 e. The van der Waals surface area contributed by atoms with Crippen LogP contribution in [0.3, 0.4) is 0 Å². The van der Waals surface area contributed by atoms with E-state index >= 15 is 0 Å². The third kappa shape index (κ3) is 2.80. The lowest BCUT2D eigenvalue weighted by molar-refractivity contribution is 0.471. The van der Waals surface area contributed by atoms with Crippen LogP contribution in [-0.4, -0.2) is 5.11 Å². The summed E-state index contributed by atoms with van der Waals surface area (Å²) >= 11 is 0. The fourth-order valence-corrected chi connectivity index (χ4v) is 1.85. The van der Waals surface area contributed by atoms with E-state index in [1.54, 1.807) is 18.2 Å². The molecular formula is C15H16FNO. The molecule has 0 aliphatic rings. The molecule has 2 aromatic carbocycles. The Kier molecular flexibility index (Phi) is 3.51. The van der Waals surface area contributed by atoms with Crippen LogP contribution in [-0.2, 0) is 0 Å². The van der Waals surface area contributed by atoms with Gasteiger partial charge in [-0.2, -0.15) is 0 Å². The second kappa shape index (κ2) is 5.08. The molecule has 2 N–H and O–H groups in total. The van der Waals surface area contributed by atoms with Crippen molar-refractivity contribution in [1.29, 1.82) is 0 Å². The lowest BCUT2D eigenvalue weighted by Crippen LogP contribution is -2.06. The number of phenols is 1. The molecule has 1 unspecified atom stereocenters. The highest BCUT2D eigenvalue weighted by Gasteiger charge is 2.07. The van der Waals surface area contributed by atoms with E-state index in [0.717, 1.165) is 16.8 Å². The molecule has 2 nitrogen and oxygen atoms in total. The highest BCUT2D eigenvalue weighted by molar-refractivity contribution is 5.51. The largest absolute Gasteiger partial charge is 0.508 e. The van der Waals surface area contributed by atoms with Crippen molar-refractivity contribution in [1.82, 2.24) is 0 Å². The first kappa shape index (κ1) is 12.4. The lowest BCUT2D eigenvalue weighted by Gasteiger charge is -2.16. The third-order valence-electron chi connectivity index (χ3n) is 2.93. The fraction of sp³-hybridized carbons (Fsp3) is 0.200. The zero-order valence-corrected chi connectivity index (χ0v) is 10.4. The Labute approximate surface area is 106 Å². The Hall–Kier alpha value is -2.03. The number of rotatable bonds is 3. The summed E-state index contributed by atoms with van der Waals surface area (Å²) in [5, 5.41) is 12.7. The first-order chi connectivity index (χ1) is 8.56. The molecule has 3 heteroatoms. The Balaban J connectivity index is 2.16. The van der Waals surface area contributed by atoms with Crippen molar-refractivity contribution < 1.29 is 9.50 Å². The maximum atomic E-state index is 13.1. The molecule has 0 saturated heterocycles. The molecule has 0 aromatic heterocycles. The van der Waals surface area contributed by atoms with Gasteiger partial charge in [-0.1, -0.05) is 12.1 Å². The second-order valence-corrected chi connectivity index (χ2v) is 4.42. The highest BCUT2D eigenvalue weighted by Crippen LogP contribution is 2.24. The van der Waals surface area contributed by atoms with Crippen molar-refractivity contribution in [2.45, 2.75) is 19.9 Å². The molecule has 0 aliphatic heterocycles. The van der Waals surface area contributed by atoms with Crippen molar-refractivity contribution in [3.63, 3.8) is 0 Å². The predicted octanol–water partition coefficient (Wildman–Crippen LogP) is 4.01. The van der Waals surface area contributed by atoms with E-state index in [1.165, 1.54) is 12.1 Å². The molecule has 0 radical (unpaired) electrons. The van der Waals surface area contributed by atoms with E-state index < -0.39 is 0 Å². The van der Waals surface area contributed by atoms with Crippen LogP contribution >= 0.6 is 0 Å². The quantitative estimate of drug-likeness (QED) is 0.801. The van der Waals surface area contributed by atoms with Gasteiger partial charge in [-0.05, 0) is 55.3 Å². The SMILES string of the molecule is Cc1cc(NC(C)c2cccc(F)c2)ccc1O. The minimum absolute atomic E-state index is 0.00430. The monoisotopic (exact) mass is 245 g/mol. The summed E-state index contributed by atoms with van der Waals surface area (Å²) < 4.78 is 13.1. The van der Waals surface area contributed by atoms with Gasteiger partial charge in [0.05, 0.1) is 0 Å². The fourth-order valence-electron chi connectivity index (χ4n) is 1.85. The topological polar surface area (TPSA) is 32.3 Å². The van der Waals surface area contributed by atoms with Gasteiger partial charge in [-0.25, -0.2) is 4.39 Å². The minimum atomic E-state index is -0.233. The summed E-state index contributed by atoms with van der Waals surface area (Å²) in [7, 11) is 0. The molecule has 1 atom stereocenters. The molecular weight excluding hydrogens is 229 g/mol. The van der Waals surface area contributed by atoms with Crippen molar-refractivity contribution in [2.75, 3.05) is 5.32 Å². The van der Waals surface area contributed by atoms with E-state index in [-0.39, 0.29) is 17.6 Å². The number of halogens is 1. The van der Waals surface area contributed by atoms with Crippen molar-refractivity contribution in [2.24, 2.45) is 0 Å². The van der Waals surface area contributed by atoms with Gasteiger partial charge < -0.3 is 10.4 Å². The standard InChI is InChI=1S/C15H16FNO/c1-10-8-14(6-7-15(10)18)17-11(2)12-4-3-5-13(16)9-12/h3-9,11,17-18H,1-2H3. The van der Waals surface area contributed by atoms with Crippen LogP contribution in [0.1, 0.15) is 24.1 Å². The highest BCUT2D eigenvalue weighted by atomic mass is 19.1. The predicted molar refractivity (Wildman–Crippen MR) is 71.3 cm³/mol. The molecule has 0 spiro atoms. The van der Waals surface area contributed by atoms with Gasteiger partial charge in [0, 0.05) is 11.7 Å². The first-order valence-electron chi connectivity index (χ1n) is 5.88. The van der Waals surface area contributed by atoms with E-state index in [1.807, 2.05) is 26.0 Å². The average molecular weight is 245 g/mol. The Morgan fingerprint density at radius 2 is 1.94 bits per heavy atom. The van der Waals surface area contributed by atoms with Crippen LogP contribution < -0.4 is 5.32 Å². The summed E-state index contributed by atoms with van der Waals surface area (Å²) in [5.74, 6) is 0.0435. The van der Waals surface area contributed by atoms with Gasteiger partial charge >= 0.3 is 0 Å². The van der Waals surface area contributed by atoms with Gasteiger partial charge in [0.2, 0.25) is 0 Å². The van der Waals surface area contributed by atoms with Crippen LogP contribution in [0, 0.1) is 12.7 Å². The normalized spacial score (nSPS) is 12.2. The van der Waals surface area contributed by atoms with Gasteiger partial charge in [0.1, 0.15) is 11.6 Å². The number of hydrogen-bond donors (Lipinski definition) is 2. The molecule has 0 heterocycles. The molecule has 0 amide bonds. The van der Waals surface area contributed by atoms with E-state index in [9.17, 15) is 9.50 Å². The van der Waals surface area contributed by atoms with Crippen LogP contribution in [0.5, 0.6) is 5.75 Å². The van der Waals surface area contributed by atoms with Crippen LogP contribution in [0.15, 0.2) is 42.5 Å². The van der Waals surface area contributed by atoms with Gasteiger partial charge in [0.15, 0.2) is 0 Å². The number of nitrogens with one attached hydrogen (secondary N) is 1. The van der Waals surface area contributed by atoms with Crippen LogP contribution in [0.25, 0.3) is 0 Å². The molecule has 0 aliphatic carbocycles. The Bertz CT molecular complexity index is 554. The summed E-state index contributed by atoms with van der Waals surface area (Å²) in [4.78, 5) is 0. The molecule has 2 rings (SSSR count). The number of benzene rings is 2. The number of phenolic OH excluding ortho intramolecular Hbond substituents is 1. The summed E-state index contributed by atoms with van der Waals surface area (Å²) in [5.41, 5.74) is 2.61. The zero-order chi connectivity index (χ0) is 13.1. The summed E-state index contributed by atoms with van der Waals surface area (Å²) in [6, 6.07) is 11.9. The molecule has 2 aromatic rings. The van der Waals surface area contributed by atoms with Crippen molar-refractivity contribution >= 4 is 5.69 Å². The van der Waals surface area contributed by atoms with Gasteiger partial charge in [-0.15, -0.1) is 0 Å². The molecule has 0 bridgehead atoms. The molecule has 18 heavy (non-hydrogen) atoms. The third-order valence-corrected chi connectivity index (χ3v) is 2.93. The average Bonchev–Trinajstić information content (AvgIpc) is 2.34. The van der Waals surface area contributed by atoms with Crippen LogP contribution in [0.4, 0.5) is 10.1 Å². The summed E-state index contributed by atoms with van der Waals surface area (Å²) in [6.45, 7) is 3.81. The van der Waals surface area contributed by atoms with E-state index in [4.69, 9.17) is 0 Å². The first-order valence-corrected chi connectivity index (χ1v) is 5.88. The molecule has 94 valence electrons. The number of anilines is 1. The second-order valence-electron chi connectivity index (χ2n) is 4.42. The van der Waals surface area contributed by atoms with Crippen molar-refractivity contribution in [3.8, 4) is 5.75 Å².